The van der Waals surface area contributed by atoms with Crippen LogP contribution >= 0.6 is 0 Å². The molecule has 5 heteroatoms. The molecular weight excluding hydrogens is 288 g/mol. The van der Waals surface area contributed by atoms with Crippen LogP contribution in [0.1, 0.15) is 58.3 Å². The van der Waals surface area contributed by atoms with Crippen molar-refractivity contribution in [3.05, 3.63) is 24.2 Å². The van der Waals surface area contributed by atoms with Gasteiger partial charge in [0.2, 0.25) is 0 Å². The average molecular weight is 320 g/mol. The van der Waals surface area contributed by atoms with E-state index in [0.717, 1.165) is 44.3 Å². The fraction of sp³-hybridized carbons (Fsp3) is 0.722. The highest BCUT2D eigenvalue weighted by molar-refractivity contribution is 5.80. The van der Waals surface area contributed by atoms with Gasteiger partial charge in [-0.25, -0.2) is 0 Å². The van der Waals surface area contributed by atoms with Crippen molar-refractivity contribution in [3.63, 3.8) is 0 Å². The van der Waals surface area contributed by atoms with E-state index in [0.29, 0.717) is 6.04 Å². The van der Waals surface area contributed by atoms with E-state index in [1.54, 1.807) is 6.26 Å². The van der Waals surface area contributed by atoms with E-state index < -0.39 is 0 Å². The second-order valence-electron chi connectivity index (χ2n) is 6.30. The second kappa shape index (κ2) is 9.60. The number of furan rings is 1. The van der Waals surface area contributed by atoms with Crippen molar-refractivity contribution in [2.24, 2.45) is 4.99 Å². The maximum atomic E-state index is 5.69. The summed E-state index contributed by atoms with van der Waals surface area (Å²) in [6, 6.07) is 4.70. The van der Waals surface area contributed by atoms with Gasteiger partial charge in [0.25, 0.3) is 0 Å². The predicted molar refractivity (Wildman–Crippen MR) is 95.7 cm³/mol. The van der Waals surface area contributed by atoms with Gasteiger partial charge in [-0.05, 0) is 58.3 Å². The number of hydrogen-bond acceptors (Lipinski definition) is 3. The summed E-state index contributed by atoms with van der Waals surface area (Å²) in [5, 5.41) is 6.80. The zero-order valence-electron chi connectivity index (χ0n) is 14.8. The summed E-state index contributed by atoms with van der Waals surface area (Å²) in [4.78, 5) is 7.34. The van der Waals surface area contributed by atoms with Gasteiger partial charge in [0.05, 0.1) is 18.8 Å². The van der Waals surface area contributed by atoms with Crippen molar-refractivity contribution in [2.45, 2.75) is 58.5 Å². The van der Waals surface area contributed by atoms with E-state index in [9.17, 15) is 0 Å². The van der Waals surface area contributed by atoms with Crippen LogP contribution in [0.15, 0.2) is 27.8 Å². The second-order valence-corrected chi connectivity index (χ2v) is 6.30. The number of rotatable bonds is 7. The van der Waals surface area contributed by atoms with Crippen LogP contribution in [0.25, 0.3) is 0 Å². The molecule has 130 valence electrons. The monoisotopic (exact) mass is 320 g/mol. The average Bonchev–Trinajstić information content (AvgIpc) is 3.10. The number of aliphatic imine (C=N–C) groups is 1. The number of guanidine groups is 1. The molecule has 0 aliphatic carbocycles. The molecule has 2 unspecified atom stereocenters. The Morgan fingerprint density at radius 1 is 1.30 bits per heavy atom. The standard InChI is InChI=1S/C18H32N4O/c1-4-15(3)21-18(19-5-2)20-14-16(17-10-9-13-23-17)22-11-7-6-8-12-22/h9-10,13,15-16H,4-8,11-12,14H2,1-3H3,(H2,19,20,21). The normalized spacial score (nSPS) is 19.3. The van der Waals surface area contributed by atoms with Crippen LogP contribution in [0.4, 0.5) is 0 Å². The lowest BCUT2D eigenvalue weighted by molar-refractivity contribution is 0.150. The molecule has 0 radical (unpaired) electrons. The molecule has 0 amide bonds. The third kappa shape index (κ3) is 5.57. The Balaban J connectivity index is 2.07. The van der Waals surface area contributed by atoms with Crippen LogP contribution in [0.2, 0.25) is 0 Å². The zero-order chi connectivity index (χ0) is 16.5. The Bertz CT molecular complexity index is 452. The highest BCUT2D eigenvalue weighted by Gasteiger charge is 2.24. The lowest BCUT2D eigenvalue weighted by Gasteiger charge is -2.32. The molecule has 0 saturated carbocycles. The molecule has 1 aromatic heterocycles. The summed E-state index contributed by atoms with van der Waals surface area (Å²) in [6.45, 7) is 10.3. The van der Waals surface area contributed by atoms with E-state index in [2.05, 4.69) is 42.4 Å². The highest BCUT2D eigenvalue weighted by Crippen LogP contribution is 2.25. The van der Waals surface area contributed by atoms with Gasteiger partial charge in [0, 0.05) is 12.6 Å². The third-order valence-electron chi connectivity index (χ3n) is 4.47. The van der Waals surface area contributed by atoms with Gasteiger partial charge in [-0.2, -0.15) is 0 Å². The summed E-state index contributed by atoms with van der Waals surface area (Å²) in [6.07, 6.45) is 6.72. The van der Waals surface area contributed by atoms with Crippen molar-refractivity contribution in [1.82, 2.24) is 15.5 Å². The minimum absolute atomic E-state index is 0.234. The Labute approximate surface area is 140 Å². The lowest BCUT2D eigenvalue weighted by atomic mass is 10.1. The number of likely N-dealkylation sites (tertiary alicyclic amines) is 1. The molecule has 1 aliphatic heterocycles. The van der Waals surface area contributed by atoms with Gasteiger partial charge in [0.15, 0.2) is 5.96 Å². The molecule has 0 spiro atoms. The zero-order valence-corrected chi connectivity index (χ0v) is 14.8. The molecule has 1 aromatic rings. The van der Waals surface area contributed by atoms with E-state index in [-0.39, 0.29) is 6.04 Å². The summed E-state index contributed by atoms with van der Waals surface area (Å²) in [5.41, 5.74) is 0. The van der Waals surface area contributed by atoms with Gasteiger partial charge in [-0.3, -0.25) is 9.89 Å². The van der Waals surface area contributed by atoms with Crippen molar-refractivity contribution in [1.29, 1.82) is 0 Å². The van der Waals surface area contributed by atoms with Crippen LogP contribution in [0.3, 0.4) is 0 Å². The molecule has 5 nitrogen and oxygen atoms in total. The molecule has 1 fully saturated rings. The van der Waals surface area contributed by atoms with E-state index in [4.69, 9.17) is 9.41 Å². The number of nitrogens with zero attached hydrogens (tertiary/aromatic N) is 2. The SMILES string of the molecule is CCNC(=NCC(c1ccco1)N1CCCCC1)NC(C)CC. The Morgan fingerprint density at radius 3 is 2.70 bits per heavy atom. The molecule has 1 aliphatic rings. The quantitative estimate of drug-likeness (QED) is 0.598. The number of hydrogen-bond donors (Lipinski definition) is 2. The minimum atomic E-state index is 0.234. The minimum Gasteiger partial charge on any atom is -0.468 e. The van der Waals surface area contributed by atoms with Crippen LogP contribution in [0, 0.1) is 0 Å². The summed E-state index contributed by atoms with van der Waals surface area (Å²) in [5.74, 6) is 1.92. The molecule has 2 N–H and O–H groups in total. The van der Waals surface area contributed by atoms with Crippen LogP contribution in [0.5, 0.6) is 0 Å². The molecule has 2 heterocycles. The van der Waals surface area contributed by atoms with Gasteiger partial charge >= 0.3 is 0 Å². The Hall–Kier alpha value is -1.49. The first-order valence-electron chi connectivity index (χ1n) is 9.06. The van der Waals surface area contributed by atoms with E-state index in [1.165, 1.54) is 19.3 Å². The van der Waals surface area contributed by atoms with Gasteiger partial charge < -0.3 is 15.1 Å². The Kier molecular flexibility index (Phi) is 7.46. The van der Waals surface area contributed by atoms with Crippen LogP contribution in [-0.2, 0) is 0 Å². The summed E-state index contributed by atoms with van der Waals surface area (Å²) < 4.78 is 5.69. The van der Waals surface area contributed by atoms with Crippen molar-refractivity contribution in [3.8, 4) is 0 Å². The Morgan fingerprint density at radius 2 is 2.09 bits per heavy atom. The fourth-order valence-electron chi connectivity index (χ4n) is 2.93. The molecule has 2 rings (SSSR count). The smallest absolute Gasteiger partial charge is 0.191 e. The first-order valence-corrected chi connectivity index (χ1v) is 9.06. The van der Waals surface area contributed by atoms with Gasteiger partial charge in [-0.15, -0.1) is 0 Å². The molecular formula is C18H32N4O. The number of nitrogens with one attached hydrogen (secondary N) is 2. The predicted octanol–water partition coefficient (Wildman–Crippen LogP) is 3.16. The molecule has 1 saturated heterocycles. The molecule has 23 heavy (non-hydrogen) atoms. The van der Waals surface area contributed by atoms with E-state index >= 15 is 0 Å². The maximum absolute atomic E-state index is 5.69. The van der Waals surface area contributed by atoms with Crippen molar-refractivity contribution >= 4 is 5.96 Å². The lowest BCUT2D eigenvalue weighted by Crippen LogP contribution is -2.43. The highest BCUT2D eigenvalue weighted by atomic mass is 16.3. The molecule has 0 aromatic carbocycles. The maximum Gasteiger partial charge on any atom is 0.191 e. The van der Waals surface area contributed by atoms with Crippen LogP contribution < -0.4 is 10.6 Å². The van der Waals surface area contributed by atoms with Crippen molar-refractivity contribution < 1.29 is 4.42 Å². The number of piperidine rings is 1. The largest absolute Gasteiger partial charge is 0.468 e. The molecule has 0 bridgehead atoms. The topological polar surface area (TPSA) is 52.8 Å². The molecule has 2 atom stereocenters. The summed E-state index contributed by atoms with van der Waals surface area (Å²) >= 11 is 0. The van der Waals surface area contributed by atoms with E-state index in [1.807, 2.05) is 6.07 Å². The first kappa shape index (κ1) is 17.9. The van der Waals surface area contributed by atoms with Gasteiger partial charge in [0.1, 0.15) is 5.76 Å². The first-order chi connectivity index (χ1) is 11.2. The van der Waals surface area contributed by atoms with Crippen LogP contribution in [-0.4, -0.2) is 43.1 Å². The van der Waals surface area contributed by atoms with Gasteiger partial charge in [-0.1, -0.05) is 13.3 Å². The van der Waals surface area contributed by atoms with Crippen molar-refractivity contribution in [2.75, 3.05) is 26.2 Å². The fourth-order valence-corrected chi connectivity index (χ4v) is 2.93. The third-order valence-corrected chi connectivity index (χ3v) is 4.47. The summed E-state index contributed by atoms with van der Waals surface area (Å²) in [7, 11) is 0.